The lowest BCUT2D eigenvalue weighted by atomic mass is 10.4. The largest absolute Gasteiger partial charge is 0.462 e. The molecule has 0 saturated carbocycles. The minimum absolute atomic E-state index is 0.115. The Morgan fingerprint density at radius 1 is 1.29 bits per heavy atom. The molecule has 9 heteroatoms. The second kappa shape index (κ2) is 5.47. The van der Waals surface area contributed by atoms with Gasteiger partial charge in [-0.25, -0.2) is 9.78 Å². The first-order valence-electron chi connectivity index (χ1n) is 6.25. The van der Waals surface area contributed by atoms with E-state index in [4.69, 9.17) is 4.74 Å². The molecule has 0 fully saturated rings. The number of hydrogen-bond acceptors (Lipinski definition) is 5. The van der Waals surface area contributed by atoms with Crippen molar-refractivity contribution in [3.8, 4) is 0 Å². The van der Waals surface area contributed by atoms with E-state index in [-0.39, 0.29) is 28.5 Å². The fraction of sp³-hybridized carbons (Fsp3) is 0.500. The molecule has 0 unspecified atom stereocenters. The van der Waals surface area contributed by atoms with E-state index < -0.39 is 17.2 Å². The van der Waals surface area contributed by atoms with Gasteiger partial charge in [0.05, 0.1) is 6.10 Å². The Bertz CT molecular complexity index is 830. The fourth-order valence-electron chi connectivity index (χ4n) is 2.03. The summed E-state index contributed by atoms with van der Waals surface area (Å²) in [6, 6.07) is 0. The van der Waals surface area contributed by atoms with Crippen molar-refractivity contribution < 1.29 is 9.53 Å². The minimum Gasteiger partial charge on any atom is -0.462 e. The standard InChI is InChI=1S/C12H15BrN4O4/c1-6(2)21-7(18)5-17-9-8(14-11(17)13)10(19)16(4)12(20)15(9)3/h6H,5H2,1-4H3. The predicted molar refractivity (Wildman–Crippen MR) is 79.1 cm³/mol. The number of halogens is 1. The first kappa shape index (κ1) is 15.5. The van der Waals surface area contributed by atoms with Gasteiger partial charge in [-0.1, -0.05) is 0 Å². The molecule has 0 saturated heterocycles. The van der Waals surface area contributed by atoms with E-state index in [1.165, 1.54) is 23.2 Å². The van der Waals surface area contributed by atoms with Crippen LogP contribution in [-0.2, 0) is 30.2 Å². The molecule has 8 nitrogen and oxygen atoms in total. The summed E-state index contributed by atoms with van der Waals surface area (Å²) >= 11 is 3.20. The van der Waals surface area contributed by atoms with Gasteiger partial charge in [0.2, 0.25) is 0 Å². The molecule has 0 amide bonds. The molecule has 0 atom stereocenters. The van der Waals surface area contributed by atoms with Crippen LogP contribution in [0.2, 0.25) is 0 Å². The van der Waals surface area contributed by atoms with Crippen molar-refractivity contribution in [3.05, 3.63) is 25.6 Å². The maximum Gasteiger partial charge on any atom is 0.332 e. The van der Waals surface area contributed by atoms with E-state index in [0.717, 1.165) is 4.57 Å². The van der Waals surface area contributed by atoms with Gasteiger partial charge < -0.3 is 4.74 Å². The third-order valence-corrected chi connectivity index (χ3v) is 3.55. The molecule has 2 aromatic rings. The highest BCUT2D eigenvalue weighted by Crippen LogP contribution is 2.16. The summed E-state index contributed by atoms with van der Waals surface area (Å²) in [7, 11) is 2.90. The predicted octanol–water partition coefficient (Wildman–Crippen LogP) is 0.148. The van der Waals surface area contributed by atoms with E-state index in [1.54, 1.807) is 13.8 Å². The van der Waals surface area contributed by atoms with Gasteiger partial charge in [0.1, 0.15) is 6.54 Å². The molecule has 2 heterocycles. The molecular formula is C12H15BrN4O4. The molecule has 0 aliphatic heterocycles. The molecular weight excluding hydrogens is 344 g/mol. The second-order valence-corrected chi connectivity index (χ2v) is 5.59. The van der Waals surface area contributed by atoms with Crippen molar-refractivity contribution in [2.45, 2.75) is 26.5 Å². The summed E-state index contributed by atoms with van der Waals surface area (Å²) in [5, 5.41) is 0. The zero-order chi connectivity index (χ0) is 15.9. The molecule has 21 heavy (non-hydrogen) atoms. The number of carbonyl (C=O) groups excluding carboxylic acids is 1. The number of esters is 1. The van der Waals surface area contributed by atoms with Gasteiger partial charge in [0.15, 0.2) is 15.9 Å². The molecule has 114 valence electrons. The van der Waals surface area contributed by atoms with E-state index in [9.17, 15) is 14.4 Å². The number of hydrogen-bond donors (Lipinski definition) is 0. The first-order valence-corrected chi connectivity index (χ1v) is 7.04. The van der Waals surface area contributed by atoms with Crippen LogP contribution >= 0.6 is 15.9 Å². The van der Waals surface area contributed by atoms with Gasteiger partial charge in [-0.2, -0.15) is 0 Å². The normalized spacial score (nSPS) is 11.3. The lowest BCUT2D eigenvalue weighted by Crippen LogP contribution is -2.37. The highest BCUT2D eigenvalue weighted by atomic mass is 79.9. The molecule has 0 N–H and O–H groups in total. The Morgan fingerprint density at radius 3 is 2.48 bits per heavy atom. The number of imidazole rings is 1. The summed E-state index contributed by atoms with van der Waals surface area (Å²) < 4.78 is 9.04. The third kappa shape index (κ3) is 2.65. The Hall–Kier alpha value is -1.90. The summed E-state index contributed by atoms with van der Waals surface area (Å²) in [5.74, 6) is -0.474. The number of rotatable bonds is 3. The molecule has 0 aromatic carbocycles. The molecule has 2 aromatic heterocycles. The Kier molecular flexibility index (Phi) is 4.04. The van der Waals surface area contributed by atoms with Crippen LogP contribution in [0, 0.1) is 0 Å². The molecule has 0 radical (unpaired) electrons. The summed E-state index contributed by atoms with van der Waals surface area (Å²) in [6.07, 6.45) is -0.247. The number of aryl methyl sites for hydroxylation is 1. The van der Waals surface area contributed by atoms with Gasteiger partial charge >= 0.3 is 11.7 Å². The Balaban J connectivity index is 2.66. The smallest absolute Gasteiger partial charge is 0.332 e. The SMILES string of the molecule is CC(C)OC(=O)Cn1c(Br)nc2c(=O)n(C)c(=O)n(C)c21. The van der Waals surface area contributed by atoms with Crippen LogP contribution in [0.3, 0.4) is 0 Å². The van der Waals surface area contributed by atoms with E-state index in [1.807, 2.05) is 0 Å². The number of ether oxygens (including phenoxy) is 1. The molecule has 0 spiro atoms. The molecule has 2 rings (SSSR count). The second-order valence-electron chi connectivity index (χ2n) is 4.88. The summed E-state index contributed by atoms with van der Waals surface area (Å²) in [6.45, 7) is 3.34. The van der Waals surface area contributed by atoms with Gasteiger partial charge in [0, 0.05) is 14.1 Å². The number of nitrogens with zero attached hydrogens (tertiary/aromatic N) is 4. The average Bonchev–Trinajstić information content (AvgIpc) is 2.70. The topological polar surface area (TPSA) is 88.1 Å². The lowest BCUT2D eigenvalue weighted by Gasteiger charge is -2.11. The fourth-order valence-corrected chi connectivity index (χ4v) is 2.50. The van der Waals surface area contributed by atoms with Gasteiger partial charge in [-0.3, -0.25) is 23.3 Å². The zero-order valence-corrected chi connectivity index (χ0v) is 13.7. The van der Waals surface area contributed by atoms with Gasteiger partial charge in [0.25, 0.3) is 5.56 Å². The van der Waals surface area contributed by atoms with Crippen LogP contribution in [0.15, 0.2) is 14.3 Å². The quantitative estimate of drug-likeness (QED) is 0.575. The maximum absolute atomic E-state index is 12.1. The van der Waals surface area contributed by atoms with Crippen LogP contribution in [0.4, 0.5) is 0 Å². The van der Waals surface area contributed by atoms with Crippen molar-refractivity contribution >= 4 is 33.1 Å². The van der Waals surface area contributed by atoms with Crippen molar-refractivity contribution in [1.29, 1.82) is 0 Å². The van der Waals surface area contributed by atoms with Crippen LogP contribution in [0.1, 0.15) is 13.8 Å². The monoisotopic (exact) mass is 358 g/mol. The maximum atomic E-state index is 12.1. The van der Waals surface area contributed by atoms with Gasteiger partial charge in [-0.15, -0.1) is 0 Å². The van der Waals surface area contributed by atoms with Crippen molar-refractivity contribution in [3.63, 3.8) is 0 Å². The highest BCUT2D eigenvalue weighted by Gasteiger charge is 2.20. The van der Waals surface area contributed by atoms with Crippen molar-refractivity contribution in [2.75, 3.05) is 0 Å². The lowest BCUT2D eigenvalue weighted by molar-refractivity contribution is -0.148. The number of fused-ring (bicyclic) bond motifs is 1. The van der Waals surface area contributed by atoms with Crippen LogP contribution in [-0.4, -0.2) is 30.8 Å². The number of carbonyl (C=O) groups is 1. The summed E-state index contributed by atoms with van der Waals surface area (Å²) in [4.78, 5) is 39.9. The van der Waals surface area contributed by atoms with Crippen molar-refractivity contribution in [2.24, 2.45) is 14.1 Å². The Morgan fingerprint density at radius 2 is 1.90 bits per heavy atom. The Labute approximate surface area is 128 Å². The highest BCUT2D eigenvalue weighted by molar-refractivity contribution is 9.10. The van der Waals surface area contributed by atoms with E-state index >= 15 is 0 Å². The minimum atomic E-state index is -0.509. The number of aromatic nitrogens is 4. The molecule has 0 aliphatic carbocycles. The van der Waals surface area contributed by atoms with Crippen LogP contribution in [0.25, 0.3) is 11.2 Å². The van der Waals surface area contributed by atoms with E-state index in [2.05, 4.69) is 20.9 Å². The van der Waals surface area contributed by atoms with Crippen molar-refractivity contribution in [1.82, 2.24) is 18.7 Å². The van der Waals surface area contributed by atoms with Crippen LogP contribution < -0.4 is 11.2 Å². The summed E-state index contributed by atoms with van der Waals surface area (Å²) in [5.41, 5.74) is -0.609. The first-order chi connectivity index (χ1) is 9.73. The zero-order valence-electron chi connectivity index (χ0n) is 12.1. The third-order valence-electron chi connectivity index (χ3n) is 2.95. The van der Waals surface area contributed by atoms with Crippen LogP contribution in [0.5, 0.6) is 0 Å². The molecule has 0 aliphatic rings. The van der Waals surface area contributed by atoms with Gasteiger partial charge in [-0.05, 0) is 29.8 Å². The molecule has 0 bridgehead atoms. The average molecular weight is 359 g/mol. The van der Waals surface area contributed by atoms with E-state index in [0.29, 0.717) is 0 Å².